The number of nitrogens with one attached hydrogen (secondary N) is 2. The van der Waals surface area contributed by atoms with E-state index in [-0.39, 0.29) is 31.1 Å². The maximum Gasteiger partial charge on any atom is 0.249 e. The Kier molecular flexibility index (Phi) is 5.48. The van der Waals surface area contributed by atoms with Crippen molar-refractivity contribution in [2.75, 3.05) is 26.3 Å². The van der Waals surface area contributed by atoms with Gasteiger partial charge in [0.05, 0.1) is 6.61 Å². The first kappa shape index (κ1) is 16.9. The van der Waals surface area contributed by atoms with Crippen LogP contribution in [-0.4, -0.2) is 55.1 Å². The van der Waals surface area contributed by atoms with Crippen molar-refractivity contribution in [2.45, 2.75) is 32.0 Å². The van der Waals surface area contributed by atoms with Crippen LogP contribution in [0.5, 0.6) is 0 Å². The molecule has 0 saturated carbocycles. The second kappa shape index (κ2) is 7.77. The van der Waals surface area contributed by atoms with Gasteiger partial charge in [-0.3, -0.25) is 9.59 Å². The lowest BCUT2D eigenvalue weighted by Gasteiger charge is -2.37. The van der Waals surface area contributed by atoms with Gasteiger partial charge in [-0.15, -0.1) is 0 Å². The van der Waals surface area contributed by atoms with Gasteiger partial charge in [-0.1, -0.05) is 37.3 Å². The van der Waals surface area contributed by atoms with Gasteiger partial charge in [0.25, 0.3) is 0 Å². The molecule has 3 atom stereocenters. The van der Waals surface area contributed by atoms with E-state index in [0.29, 0.717) is 12.5 Å². The van der Waals surface area contributed by atoms with Crippen LogP contribution in [0.25, 0.3) is 0 Å². The minimum Gasteiger partial charge on any atom is -0.369 e. The maximum absolute atomic E-state index is 12.8. The van der Waals surface area contributed by atoms with Crippen molar-refractivity contribution < 1.29 is 14.3 Å². The number of carbonyl (C=O) groups is 2. The van der Waals surface area contributed by atoms with E-state index in [4.69, 9.17) is 4.74 Å². The van der Waals surface area contributed by atoms with Crippen molar-refractivity contribution in [3.63, 3.8) is 0 Å². The third kappa shape index (κ3) is 3.94. The van der Waals surface area contributed by atoms with Crippen LogP contribution in [0.1, 0.15) is 18.9 Å². The van der Waals surface area contributed by atoms with Crippen LogP contribution in [0.2, 0.25) is 0 Å². The summed E-state index contributed by atoms with van der Waals surface area (Å²) in [4.78, 5) is 26.7. The number of benzene rings is 1. The Morgan fingerprint density at radius 1 is 1.38 bits per heavy atom. The molecule has 6 heteroatoms. The molecule has 3 rings (SSSR count). The van der Waals surface area contributed by atoms with Crippen molar-refractivity contribution in [1.29, 1.82) is 0 Å². The molecule has 0 radical (unpaired) electrons. The van der Waals surface area contributed by atoms with Crippen molar-refractivity contribution in [1.82, 2.24) is 15.5 Å². The average molecular weight is 331 g/mol. The van der Waals surface area contributed by atoms with Crippen LogP contribution in [0.4, 0.5) is 0 Å². The smallest absolute Gasteiger partial charge is 0.249 e. The molecule has 0 aromatic heterocycles. The zero-order valence-electron chi connectivity index (χ0n) is 14.0. The summed E-state index contributed by atoms with van der Waals surface area (Å²) in [6.45, 7) is 4.66. The van der Waals surface area contributed by atoms with E-state index in [1.54, 1.807) is 4.90 Å². The molecule has 2 heterocycles. The summed E-state index contributed by atoms with van der Waals surface area (Å²) >= 11 is 0. The summed E-state index contributed by atoms with van der Waals surface area (Å²) in [5, 5.41) is 6.45. The summed E-state index contributed by atoms with van der Waals surface area (Å²) < 4.78 is 5.34. The lowest BCUT2D eigenvalue weighted by atomic mass is 9.95. The third-order valence-electron chi connectivity index (χ3n) is 4.81. The highest BCUT2D eigenvalue weighted by Crippen LogP contribution is 2.16. The first-order valence-corrected chi connectivity index (χ1v) is 8.57. The van der Waals surface area contributed by atoms with Crippen LogP contribution >= 0.6 is 0 Å². The van der Waals surface area contributed by atoms with E-state index in [2.05, 4.69) is 17.6 Å². The van der Waals surface area contributed by atoms with Crippen molar-refractivity contribution in [2.24, 2.45) is 5.92 Å². The molecule has 2 unspecified atom stereocenters. The summed E-state index contributed by atoms with van der Waals surface area (Å²) in [6, 6.07) is 9.33. The number of morpholine rings is 1. The number of ether oxygens (including phenoxy) is 1. The van der Waals surface area contributed by atoms with Crippen molar-refractivity contribution in [3.05, 3.63) is 35.9 Å². The van der Waals surface area contributed by atoms with Crippen LogP contribution < -0.4 is 10.6 Å². The number of piperidine rings is 1. The molecular formula is C18H25N3O3. The largest absolute Gasteiger partial charge is 0.369 e. The Labute approximate surface area is 142 Å². The quantitative estimate of drug-likeness (QED) is 0.844. The van der Waals surface area contributed by atoms with Crippen molar-refractivity contribution in [3.8, 4) is 0 Å². The zero-order chi connectivity index (χ0) is 16.9. The lowest BCUT2D eigenvalue weighted by Crippen LogP contribution is -2.59. The molecule has 6 nitrogen and oxygen atoms in total. The van der Waals surface area contributed by atoms with Gasteiger partial charge in [0.15, 0.2) is 0 Å². The first-order valence-electron chi connectivity index (χ1n) is 8.57. The molecular weight excluding hydrogens is 306 g/mol. The molecule has 0 aliphatic carbocycles. The Bertz CT molecular complexity index is 578. The van der Waals surface area contributed by atoms with Crippen LogP contribution in [-0.2, 0) is 20.9 Å². The van der Waals surface area contributed by atoms with E-state index in [9.17, 15) is 9.59 Å². The highest BCUT2D eigenvalue weighted by Gasteiger charge is 2.35. The number of rotatable bonds is 4. The van der Waals surface area contributed by atoms with Gasteiger partial charge in [-0.05, 0) is 31.0 Å². The Hall–Kier alpha value is -1.92. The fourth-order valence-corrected chi connectivity index (χ4v) is 3.31. The highest BCUT2D eigenvalue weighted by molar-refractivity contribution is 5.89. The lowest BCUT2D eigenvalue weighted by molar-refractivity contribution is -0.156. The van der Waals surface area contributed by atoms with E-state index >= 15 is 0 Å². The summed E-state index contributed by atoms with van der Waals surface area (Å²) in [6.07, 6.45) is 0.910. The number of carbonyl (C=O) groups excluding carboxylic acids is 2. The molecule has 2 aliphatic rings. The molecule has 24 heavy (non-hydrogen) atoms. The molecule has 2 fully saturated rings. The molecule has 2 aliphatic heterocycles. The normalized spacial score (nSPS) is 27.8. The minimum atomic E-state index is -0.562. The van der Waals surface area contributed by atoms with Crippen molar-refractivity contribution >= 4 is 11.8 Å². The van der Waals surface area contributed by atoms with Crippen LogP contribution in [0, 0.1) is 5.92 Å². The van der Waals surface area contributed by atoms with Gasteiger partial charge in [0, 0.05) is 12.6 Å². The fraction of sp³-hybridized carbons (Fsp3) is 0.556. The molecule has 0 spiro atoms. The molecule has 130 valence electrons. The van der Waals surface area contributed by atoms with E-state index < -0.39 is 6.04 Å². The molecule has 2 saturated heterocycles. The van der Waals surface area contributed by atoms with Crippen LogP contribution in [0.3, 0.4) is 0 Å². The summed E-state index contributed by atoms with van der Waals surface area (Å²) in [7, 11) is 0. The third-order valence-corrected chi connectivity index (χ3v) is 4.81. The fourth-order valence-electron chi connectivity index (χ4n) is 3.31. The maximum atomic E-state index is 12.8. The second-order valence-electron chi connectivity index (χ2n) is 6.62. The summed E-state index contributed by atoms with van der Waals surface area (Å²) in [5.41, 5.74) is 1.01. The second-order valence-corrected chi connectivity index (χ2v) is 6.62. The number of hydrogen-bond donors (Lipinski definition) is 2. The Morgan fingerprint density at radius 3 is 2.92 bits per heavy atom. The number of amides is 2. The van der Waals surface area contributed by atoms with Gasteiger partial charge in [0.2, 0.25) is 11.8 Å². The molecule has 1 aromatic carbocycles. The summed E-state index contributed by atoms with van der Waals surface area (Å²) in [5.74, 6) is 0.131. The first-order chi connectivity index (χ1) is 11.6. The molecule has 2 N–H and O–H groups in total. The Morgan fingerprint density at radius 2 is 2.17 bits per heavy atom. The topological polar surface area (TPSA) is 70.7 Å². The predicted molar refractivity (Wildman–Crippen MR) is 90.2 cm³/mol. The van der Waals surface area contributed by atoms with E-state index in [1.807, 2.05) is 30.3 Å². The zero-order valence-corrected chi connectivity index (χ0v) is 14.0. The minimum absolute atomic E-state index is 0.0420. The van der Waals surface area contributed by atoms with Gasteiger partial charge in [0.1, 0.15) is 12.6 Å². The molecule has 1 aromatic rings. The standard InChI is InChI=1S/C18H25N3O3/c1-13-9-19-8-7-15(13)20-18(23)16-11-24-12-17(22)21(16)10-14-5-3-2-4-6-14/h2-6,13,15-16,19H,7-12H2,1H3,(H,20,23)/t13?,15?,16-/m1/s1. The van der Waals surface area contributed by atoms with E-state index in [0.717, 1.165) is 25.1 Å². The van der Waals surface area contributed by atoms with Gasteiger partial charge in [-0.25, -0.2) is 0 Å². The predicted octanol–water partition coefficient (Wildman–Crippen LogP) is 0.528. The number of nitrogens with zero attached hydrogens (tertiary/aromatic N) is 1. The molecule has 0 bridgehead atoms. The monoisotopic (exact) mass is 331 g/mol. The molecule has 2 amide bonds. The van der Waals surface area contributed by atoms with Crippen LogP contribution in [0.15, 0.2) is 30.3 Å². The average Bonchev–Trinajstić information content (AvgIpc) is 2.59. The van der Waals surface area contributed by atoms with Gasteiger partial charge >= 0.3 is 0 Å². The van der Waals surface area contributed by atoms with Gasteiger partial charge < -0.3 is 20.3 Å². The van der Waals surface area contributed by atoms with Gasteiger partial charge in [-0.2, -0.15) is 0 Å². The SMILES string of the molecule is CC1CNCCC1NC(=O)[C@H]1COCC(=O)N1Cc1ccccc1. The van der Waals surface area contributed by atoms with E-state index in [1.165, 1.54) is 0 Å². The number of hydrogen-bond acceptors (Lipinski definition) is 4. The Balaban J connectivity index is 1.68. The highest BCUT2D eigenvalue weighted by atomic mass is 16.5.